The van der Waals surface area contributed by atoms with Gasteiger partial charge >= 0.3 is 6.18 Å². The fraction of sp³-hybridized carbons (Fsp3) is 0.429. The number of nitrogens with zero attached hydrogens (tertiary/aromatic N) is 5. The molecule has 1 unspecified atom stereocenters. The molecule has 2 atom stereocenters. The number of carbonyl (C=O) groups excluding carboxylic acids is 2. The van der Waals surface area contributed by atoms with Crippen molar-refractivity contribution >= 4 is 23.3 Å². The van der Waals surface area contributed by atoms with E-state index >= 15 is 0 Å². The van der Waals surface area contributed by atoms with Crippen molar-refractivity contribution in [2.75, 3.05) is 23.8 Å². The number of hydrogen-bond acceptors (Lipinski definition) is 8. The molecule has 10 nitrogen and oxygen atoms in total. The molecule has 2 aromatic rings. The molecule has 1 saturated heterocycles. The average Bonchev–Trinajstić information content (AvgIpc) is 3.54. The number of hydrogen-bond donors (Lipinski definition) is 2. The highest BCUT2D eigenvalue weighted by atomic mass is 19.4. The highest BCUT2D eigenvalue weighted by molar-refractivity contribution is 5.93. The van der Waals surface area contributed by atoms with Crippen LogP contribution in [0.2, 0.25) is 0 Å². The van der Waals surface area contributed by atoms with Crippen LogP contribution in [0, 0.1) is 17.2 Å². The van der Waals surface area contributed by atoms with Crippen molar-refractivity contribution in [3.05, 3.63) is 30.4 Å². The molecule has 0 bridgehead atoms. The van der Waals surface area contributed by atoms with E-state index in [2.05, 4.69) is 30.3 Å². The Balaban J connectivity index is 1.49. The van der Waals surface area contributed by atoms with Gasteiger partial charge < -0.3 is 20.3 Å². The maximum atomic E-state index is 13.1. The third-order valence-corrected chi connectivity index (χ3v) is 5.34. The fourth-order valence-corrected chi connectivity index (χ4v) is 3.43. The van der Waals surface area contributed by atoms with Crippen molar-refractivity contribution in [3.8, 4) is 17.3 Å². The van der Waals surface area contributed by atoms with Gasteiger partial charge in [0.2, 0.25) is 18.0 Å². The zero-order valence-corrected chi connectivity index (χ0v) is 18.0. The number of aromatic nitrogens is 3. The van der Waals surface area contributed by atoms with E-state index in [0.29, 0.717) is 22.0 Å². The largest absolute Gasteiger partial charge is 0.433 e. The van der Waals surface area contributed by atoms with Gasteiger partial charge in [-0.3, -0.25) is 14.6 Å². The second-order valence-electron chi connectivity index (χ2n) is 7.94. The minimum absolute atomic E-state index is 0.0149. The molecule has 13 heteroatoms. The lowest BCUT2D eigenvalue weighted by Crippen LogP contribution is -2.50. The van der Waals surface area contributed by atoms with E-state index in [0.717, 1.165) is 12.8 Å². The smallest absolute Gasteiger partial charge is 0.372 e. The van der Waals surface area contributed by atoms with Gasteiger partial charge in [0.05, 0.1) is 30.4 Å². The van der Waals surface area contributed by atoms with E-state index in [1.54, 1.807) is 0 Å². The van der Waals surface area contributed by atoms with Gasteiger partial charge in [-0.2, -0.15) is 18.4 Å². The molecule has 0 spiro atoms. The van der Waals surface area contributed by atoms with E-state index in [4.69, 9.17) is 0 Å². The van der Waals surface area contributed by atoms with Crippen molar-refractivity contribution in [2.24, 2.45) is 5.92 Å². The minimum atomic E-state index is -4.71. The molecule has 1 aliphatic carbocycles. The average molecular weight is 475 g/mol. The van der Waals surface area contributed by atoms with Crippen molar-refractivity contribution in [3.63, 3.8) is 0 Å². The number of ether oxygens (including phenoxy) is 1. The molecule has 2 aromatic heterocycles. The first kappa shape index (κ1) is 23.4. The third kappa shape index (κ3) is 5.07. The number of rotatable bonds is 6. The molecule has 2 amide bonds. The van der Waals surface area contributed by atoms with Crippen LogP contribution in [0.25, 0.3) is 11.3 Å². The fourth-order valence-electron chi connectivity index (χ4n) is 3.43. The van der Waals surface area contributed by atoms with Crippen LogP contribution in [-0.4, -0.2) is 63.3 Å². The molecule has 0 radical (unpaired) electrons. The SMILES string of the molecule is CC(Nc1cc(-c2cnc(NC(=O)C3CC3)cn2)cnc1C#N)C(=O)N1CCO[C@@H]1C(F)(F)F. The van der Waals surface area contributed by atoms with Crippen LogP contribution in [0.4, 0.5) is 24.7 Å². The third-order valence-electron chi connectivity index (χ3n) is 5.34. The van der Waals surface area contributed by atoms with Crippen LogP contribution < -0.4 is 10.6 Å². The second-order valence-corrected chi connectivity index (χ2v) is 7.94. The van der Waals surface area contributed by atoms with E-state index in [9.17, 15) is 28.0 Å². The lowest BCUT2D eigenvalue weighted by Gasteiger charge is -2.28. The lowest BCUT2D eigenvalue weighted by molar-refractivity contribution is -0.238. The van der Waals surface area contributed by atoms with Gasteiger partial charge in [-0.15, -0.1) is 0 Å². The van der Waals surface area contributed by atoms with Crippen molar-refractivity contribution < 1.29 is 27.5 Å². The van der Waals surface area contributed by atoms with Gasteiger partial charge in [-0.25, -0.2) is 9.97 Å². The van der Waals surface area contributed by atoms with Gasteiger partial charge in [0.15, 0.2) is 11.5 Å². The van der Waals surface area contributed by atoms with Crippen LogP contribution in [0.5, 0.6) is 0 Å². The number of anilines is 2. The maximum absolute atomic E-state index is 13.1. The van der Waals surface area contributed by atoms with Crippen LogP contribution in [-0.2, 0) is 14.3 Å². The summed E-state index contributed by atoms with van der Waals surface area (Å²) < 4.78 is 44.1. The predicted octanol–water partition coefficient (Wildman–Crippen LogP) is 2.31. The van der Waals surface area contributed by atoms with Crippen molar-refractivity contribution in [1.82, 2.24) is 19.9 Å². The van der Waals surface area contributed by atoms with Crippen molar-refractivity contribution in [1.29, 1.82) is 5.26 Å². The van der Waals surface area contributed by atoms with E-state index in [1.807, 2.05) is 6.07 Å². The molecule has 178 valence electrons. The number of pyridine rings is 1. The molecule has 3 heterocycles. The van der Waals surface area contributed by atoms with Gasteiger partial charge in [0.1, 0.15) is 12.1 Å². The Morgan fingerprint density at radius 2 is 2.00 bits per heavy atom. The second kappa shape index (κ2) is 9.22. The molecule has 1 aliphatic heterocycles. The Kier molecular flexibility index (Phi) is 6.34. The first-order valence-corrected chi connectivity index (χ1v) is 10.5. The predicted molar refractivity (Wildman–Crippen MR) is 112 cm³/mol. The highest BCUT2D eigenvalue weighted by Crippen LogP contribution is 2.31. The summed E-state index contributed by atoms with van der Waals surface area (Å²) in [6.45, 7) is 0.968. The maximum Gasteiger partial charge on any atom is 0.433 e. The van der Waals surface area contributed by atoms with Gasteiger partial charge in [0.25, 0.3) is 0 Å². The minimum Gasteiger partial charge on any atom is -0.372 e. The van der Waals surface area contributed by atoms with E-state index in [-0.39, 0.29) is 36.4 Å². The molecular weight excluding hydrogens is 455 g/mol. The molecule has 2 aliphatic rings. The van der Waals surface area contributed by atoms with E-state index < -0.39 is 24.4 Å². The summed E-state index contributed by atoms with van der Waals surface area (Å²) in [5.74, 6) is -0.624. The quantitative estimate of drug-likeness (QED) is 0.650. The van der Waals surface area contributed by atoms with Gasteiger partial charge in [-0.1, -0.05) is 0 Å². The number of carbonyl (C=O) groups is 2. The number of halogens is 3. The zero-order chi connectivity index (χ0) is 24.5. The first-order chi connectivity index (χ1) is 16.2. The number of nitriles is 1. The van der Waals surface area contributed by atoms with Gasteiger partial charge in [0, 0.05) is 24.2 Å². The molecule has 4 rings (SSSR count). The monoisotopic (exact) mass is 475 g/mol. The van der Waals surface area contributed by atoms with Crippen molar-refractivity contribution in [2.45, 2.75) is 38.2 Å². The lowest BCUT2D eigenvalue weighted by atomic mass is 10.1. The molecule has 1 saturated carbocycles. The first-order valence-electron chi connectivity index (χ1n) is 10.5. The summed E-state index contributed by atoms with van der Waals surface area (Å²) in [7, 11) is 0. The Hall–Kier alpha value is -3.79. The number of alkyl halides is 3. The van der Waals surface area contributed by atoms with Crippen LogP contribution in [0.15, 0.2) is 24.7 Å². The molecule has 0 aromatic carbocycles. The summed E-state index contributed by atoms with van der Waals surface area (Å²) in [6.07, 6.45) is -1.13. The van der Waals surface area contributed by atoms with Gasteiger partial charge in [-0.05, 0) is 25.8 Å². The zero-order valence-electron chi connectivity index (χ0n) is 18.0. The Morgan fingerprint density at radius 1 is 1.24 bits per heavy atom. The number of nitrogens with one attached hydrogen (secondary N) is 2. The molecule has 2 fully saturated rings. The normalized spacial score (nSPS) is 18.8. The highest BCUT2D eigenvalue weighted by Gasteiger charge is 2.50. The summed E-state index contributed by atoms with van der Waals surface area (Å²) >= 11 is 0. The Morgan fingerprint density at radius 3 is 2.62 bits per heavy atom. The Bertz CT molecular complexity index is 1130. The summed E-state index contributed by atoms with van der Waals surface area (Å²) in [4.78, 5) is 37.6. The molecular formula is C21H20F3N7O3. The molecule has 2 N–H and O–H groups in total. The Labute approximate surface area is 192 Å². The summed E-state index contributed by atoms with van der Waals surface area (Å²) in [6, 6.07) is 2.29. The van der Waals surface area contributed by atoms with E-state index in [1.165, 1.54) is 31.6 Å². The van der Waals surface area contributed by atoms with Crippen LogP contribution in [0.1, 0.15) is 25.5 Å². The molecule has 34 heavy (non-hydrogen) atoms. The summed E-state index contributed by atoms with van der Waals surface area (Å²) in [5, 5.41) is 14.8. The topological polar surface area (TPSA) is 133 Å². The van der Waals surface area contributed by atoms with Crippen LogP contribution in [0.3, 0.4) is 0 Å². The van der Waals surface area contributed by atoms with Crippen LogP contribution >= 0.6 is 0 Å². The summed E-state index contributed by atoms with van der Waals surface area (Å²) in [5.41, 5.74) is 0.937. The standard InChI is InChI=1S/C21H20F3N7O3/c1-11(19(33)31-4-5-34-20(31)21(22,23)24)29-14-6-13(8-26-15(14)7-25)16-9-28-17(10-27-16)30-18(32)12-2-3-12/h6,8-12,20,29H,2-5H2,1H3,(H,28,30,32)/t11?,20-/m1/s1. The number of amides is 2.